The van der Waals surface area contributed by atoms with Crippen LogP contribution in [0.15, 0.2) is 0 Å². The highest BCUT2D eigenvalue weighted by atomic mass is 31.2. The first-order chi connectivity index (χ1) is 17.3. The molecule has 0 heterocycles. The Morgan fingerprint density at radius 1 is 0.784 bits per heavy atom. The van der Waals surface area contributed by atoms with Crippen molar-refractivity contribution in [2.45, 2.75) is 135 Å². The molecular formula is C28H64N2O6P+. The highest BCUT2D eigenvalue weighted by Gasteiger charge is 2.31. The molecule has 0 saturated heterocycles. The zero-order valence-corrected chi connectivity index (χ0v) is 26.1. The van der Waals surface area contributed by atoms with Gasteiger partial charge in [-0.2, -0.15) is 0 Å². The molecule has 37 heavy (non-hydrogen) atoms. The summed E-state index contributed by atoms with van der Waals surface area (Å²) in [5.74, 6) is -1.55. The smallest absolute Gasteiger partial charge is 0.359 e. The van der Waals surface area contributed by atoms with Crippen LogP contribution in [0.2, 0.25) is 0 Å². The molecule has 8 nitrogen and oxygen atoms in total. The van der Waals surface area contributed by atoms with Gasteiger partial charge in [0, 0.05) is 19.7 Å². The summed E-state index contributed by atoms with van der Waals surface area (Å²) in [5.41, 5.74) is 0. The van der Waals surface area contributed by atoms with Crippen LogP contribution >= 0.6 is 7.60 Å². The molecule has 0 spiro atoms. The predicted octanol–water partition coefficient (Wildman–Crippen LogP) is 5.42. The first-order valence-electron chi connectivity index (χ1n) is 14.8. The van der Waals surface area contributed by atoms with Crippen molar-refractivity contribution in [3.8, 4) is 0 Å². The molecule has 0 rings (SSSR count). The largest absolute Gasteiger partial charge is 0.389 e. The molecule has 0 aliphatic carbocycles. The minimum Gasteiger partial charge on any atom is -0.389 e. The molecule has 0 fully saturated rings. The molecule has 3 unspecified atom stereocenters. The molecule has 0 amide bonds. The number of hydrogen-bond donors (Lipinski definition) is 5. The molecule has 0 bridgehead atoms. The average molecular weight is 556 g/mol. The fraction of sp³-hybridized carbons (Fsp3) is 1.00. The number of likely N-dealkylation sites (N-methyl/N-ethyl adjacent to an activating group) is 1. The van der Waals surface area contributed by atoms with Crippen molar-refractivity contribution in [3.63, 3.8) is 0 Å². The van der Waals surface area contributed by atoms with E-state index < -0.39 is 13.4 Å². The normalized spacial score (nSPS) is 14.6. The first kappa shape index (κ1) is 39.1. The van der Waals surface area contributed by atoms with Crippen LogP contribution < -0.4 is 5.32 Å². The Kier molecular flexibility index (Phi) is 26.4. The van der Waals surface area contributed by atoms with Gasteiger partial charge in [0.2, 0.25) is 5.85 Å². The van der Waals surface area contributed by atoms with Crippen molar-refractivity contribution in [3.05, 3.63) is 0 Å². The fourth-order valence-electron chi connectivity index (χ4n) is 4.11. The molecule has 0 aromatic heterocycles. The maximum Gasteiger partial charge on any atom is 0.359 e. The lowest BCUT2D eigenvalue weighted by Crippen LogP contribution is -2.41. The third kappa shape index (κ3) is 32.1. The molecule has 226 valence electrons. The molecule has 0 aliphatic rings. The van der Waals surface area contributed by atoms with Crippen LogP contribution in [0.5, 0.6) is 0 Å². The maximum atomic E-state index is 10.4. The van der Waals surface area contributed by atoms with Crippen molar-refractivity contribution in [2.24, 2.45) is 0 Å². The summed E-state index contributed by atoms with van der Waals surface area (Å²) < 4.78 is 15.7. The summed E-state index contributed by atoms with van der Waals surface area (Å²) in [7, 11) is 2.56. The quantitative estimate of drug-likeness (QED) is 0.0613. The van der Waals surface area contributed by atoms with Gasteiger partial charge in [0.05, 0.1) is 33.9 Å². The summed E-state index contributed by atoms with van der Waals surface area (Å²) in [6.45, 7) is 5.59. The number of nitrogens with one attached hydrogen (secondary N) is 1. The van der Waals surface area contributed by atoms with Crippen LogP contribution in [0.3, 0.4) is 0 Å². The summed E-state index contributed by atoms with van der Waals surface area (Å²) in [4.78, 5) is 17.0. The van der Waals surface area contributed by atoms with E-state index in [-0.39, 0.29) is 12.6 Å². The van der Waals surface area contributed by atoms with Crippen molar-refractivity contribution in [2.75, 3.05) is 47.9 Å². The van der Waals surface area contributed by atoms with Gasteiger partial charge in [0.1, 0.15) is 6.54 Å². The number of aliphatic hydroxyl groups is 2. The molecule has 0 radical (unpaired) electrons. The van der Waals surface area contributed by atoms with Gasteiger partial charge in [0.15, 0.2) is 0 Å². The van der Waals surface area contributed by atoms with Crippen molar-refractivity contribution in [1.82, 2.24) is 5.32 Å². The van der Waals surface area contributed by atoms with E-state index in [2.05, 4.69) is 19.2 Å². The van der Waals surface area contributed by atoms with Gasteiger partial charge in [-0.1, -0.05) is 103 Å². The highest BCUT2D eigenvalue weighted by Crippen LogP contribution is 2.39. The summed E-state index contributed by atoms with van der Waals surface area (Å²) >= 11 is 0. The van der Waals surface area contributed by atoms with Gasteiger partial charge in [-0.25, -0.2) is 0 Å². The van der Waals surface area contributed by atoms with Crippen LogP contribution in [0.4, 0.5) is 0 Å². The van der Waals surface area contributed by atoms with Gasteiger partial charge in [-0.05, 0) is 13.3 Å². The number of ether oxygens (including phenoxy) is 1. The van der Waals surface area contributed by atoms with Crippen molar-refractivity contribution < 1.29 is 33.8 Å². The maximum absolute atomic E-state index is 10.4. The van der Waals surface area contributed by atoms with E-state index in [0.717, 1.165) is 0 Å². The second kappa shape index (κ2) is 25.0. The number of methoxy groups -OCH3 is 1. The molecule has 3 atom stereocenters. The van der Waals surface area contributed by atoms with E-state index >= 15 is 0 Å². The number of hydrogen-bond acceptors (Lipinski definition) is 5. The zero-order valence-electron chi connectivity index (χ0n) is 25.2. The van der Waals surface area contributed by atoms with E-state index in [1.165, 1.54) is 103 Å². The monoisotopic (exact) mass is 555 g/mol. The molecule has 0 aliphatic heterocycles. The van der Waals surface area contributed by atoms with Crippen LogP contribution in [-0.4, -0.2) is 90.4 Å². The lowest BCUT2D eigenvalue weighted by Gasteiger charge is -2.26. The minimum absolute atomic E-state index is 0.0459. The van der Waals surface area contributed by atoms with Crippen molar-refractivity contribution in [1.29, 1.82) is 0 Å². The van der Waals surface area contributed by atoms with Gasteiger partial charge in [-0.15, -0.1) is 0 Å². The number of rotatable bonds is 24. The lowest BCUT2D eigenvalue weighted by molar-refractivity contribution is -0.872. The number of aliphatic hydroxyl groups excluding tert-OH is 2. The number of quaternary nitrogens is 1. The first-order valence-corrected chi connectivity index (χ1v) is 16.5. The number of unbranched alkanes of at least 4 members (excludes halogenated alkanes) is 14. The van der Waals surface area contributed by atoms with Gasteiger partial charge in [-0.3, -0.25) is 4.57 Å². The third-order valence-corrected chi connectivity index (χ3v) is 7.34. The summed E-state index contributed by atoms with van der Waals surface area (Å²) in [5, 5.41) is 21.9. The van der Waals surface area contributed by atoms with E-state index in [9.17, 15) is 9.67 Å². The molecule has 0 aromatic carbocycles. The molecule has 5 N–H and O–H groups in total. The lowest BCUT2D eigenvalue weighted by atomic mass is 10.0. The standard InChI is InChI=1S/C23H49NO2.C5H14NO4P/c1-4-5-6-7-8-9-10-11-12-13-14-15-16-17-18-19-22(2)24-20-23(25)21-26-3;1-6(2,3)4-5(7)11(8,9)10/h22-25H,4-21H2,1-3H3;5,7H,4H2,1-3H3,(H-,8,9,10)/p+1. The van der Waals surface area contributed by atoms with Crippen LogP contribution in [-0.2, 0) is 9.30 Å². The van der Waals surface area contributed by atoms with Crippen LogP contribution in [0.1, 0.15) is 117 Å². The second-order valence-electron chi connectivity index (χ2n) is 11.7. The molecule has 9 heteroatoms. The zero-order chi connectivity index (χ0) is 28.6. The van der Waals surface area contributed by atoms with Gasteiger partial charge < -0.3 is 34.5 Å². The van der Waals surface area contributed by atoms with E-state index in [4.69, 9.17) is 19.6 Å². The van der Waals surface area contributed by atoms with E-state index in [1.54, 1.807) is 28.3 Å². The van der Waals surface area contributed by atoms with Gasteiger partial charge in [0.25, 0.3) is 0 Å². The van der Waals surface area contributed by atoms with E-state index in [0.29, 0.717) is 23.7 Å². The summed E-state index contributed by atoms with van der Waals surface area (Å²) in [6.07, 6.45) is 22.1. The summed E-state index contributed by atoms with van der Waals surface area (Å²) in [6, 6.07) is 0.489. The van der Waals surface area contributed by atoms with Crippen LogP contribution in [0, 0.1) is 0 Å². The van der Waals surface area contributed by atoms with Crippen LogP contribution in [0.25, 0.3) is 0 Å². The Morgan fingerprint density at radius 3 is 1.51 bits per heavy atom. The Labute approximate surface area is 229 Å². The van der Waals surface area contributed by atoms with Crippen molar-refractivity contribution >= 4 is 7.60 Å². The van der Waals surface area contributed by atoms with Gasteiger partial charge >= 0.3 is 7.60 Å². The molecule has 0 aromatic rings. The fourth-order valence-corrected chi connectivity index (χ4v) is 4.81. The highest BCUT2D eigenvalue weighted by molar-refractivity contribution is 7.52. The predicted molar refractivity (Wildman–Crippen MR) is 156 cm³/mol. The molecular weight excluding hydrogens is 491 g/mol. The SMILES string of the molecule is CCCCCCCCCCCCCCCCCC(C)NCC(O)COC.C[N+](C)(C)CC(O)P(=O)(O)O. The Balaban J connectivity index is 0. The molecule has 0 saturated carbocycles. The minimum atomic E-state index is -4.31. The number of nitrogens with zero attached hydrogens (tertiary/aromatic N) is 1. The topological polar surface area (TPSA) is 119 Å². The second-order valence-corrected chi connectivity index (χ2v) is 13.5. The Bertz CT molecular complexity index is 527. The van der Waals surface area contributed by atoms with E-state index in [1.807, 2.05) is 0 Å². The Morgan fingerprint density at radius 2 is 1.19 bits per heavy atom. The average Bonchev–Trinajstić information content (AvgIpc) is 2.79. The third-order valence-electron chi connectivity index (χ3n) is 6.40. The Hall–Kier alpha value is -0.0500.